The Morgan fingerprint density at radius 3 is 2.65 bits per heavy atom. The molecule has 0 saturated carbocycles. The van der Waals surface area contributed by atoms with Crippen LogP contribution in [0.5, 0.6) is 0 Å². The van der Waals surface area contributed by atoms with Crippen LogP contribution < -0.4 is 4.90 Å². The standard InChI is InChI=1S/C12H18ClN3O/c1-7-4-5-16(10(7)6-17)12-11(13)14-8(2)9(3)15-12/h7,10,17H,4-6H2,1-3H3. The van der Waals surface area contributed by atoms with E-state index in [0.717, 1.165) is 24.4 Å². The average Bonchev–Trinajstić information content (AvgIpc) is 2.64. The van der Waals surface area contributed by atoms with Gasteiger partial charge in [-0.2, -0.15) is 0 Å². The normalized spacial score (nSPS) is 24.4. The second kappa shape index (κ2) is 4.78. The molecule has 5 heteroatoms. The molecule has 1 N–H and O–H groups in total. The lowest BCUT2D eigenvalue weighted by molar-refractivity contribution is 0.244. The fourth-order valence-corrected chi connectivity index (χ4v) is 2.57. The first kappa shape index (κ1) is 12.6. The molecule has 1 aromatic heterocycles. The Bertz CT molecular complexity index is 424. The molecule has 1 fully saturated rings. The van der Waals surface area contributed by atoms with Crippen LogP contribution in [0, 0.1) is 19.8 Å². The number of aliphatic hydroxyl groups excluding tert-OH is 1. The van der Waals surface area contributed by atoms with Gasteiger partial charge in [-0.1, -0.05) is 18.5 Å². The molecule has 2 unspecified atom stereocenters. The Balaban J connectivity index is 2.37. The van der Waals surface area contributed by atoms with Crippen LogP contribution in [0.4, 0.5) is 5.82 Å². The number of aliphatic hydroxyl groups is 1. The summed E-state index contributed by atoms with van der Waals surface area (Å²) in [7, 11) is 0. The van der Waals surface area contributed by atoms with E-state index in [-0.39, 0.29) is 12.6 Å². The Hall–Kier alpha value is -0.870. The Morgan fingerprint density at radius 2 is 2.00 bits per heavy atom. The van der Waals surface area contributed by atoms with Gasteiger partial charge in [-0.25, -0.2) is 9.97 Å². The molecule has 1 aromatic rings. The first-order chi connectivity index (χ1) is 8.04. The summed E-state index contributed by atoms with van der Waals surface area (Å²) >= 11 is 6.15. The Kier molecular flexibility index (Phi) is 3.54. The third-order valence-corrected chi connectivity index (χ3v) is 3.84. The highest BCUT2D eigenvalue weighted by Gasteiger charge is 2.33. The molecule has 0 spiro atoms. The lowest BCUT2D eigenvalue weighted by Crippen LogP contribution is -2.36. The summed E-state index contributed by atoms with van der Waals surface area (Å²) in [6.07, 6.45) is 1.05. The van der Waals surface area contributed by atoms with E-state index in [4.69, 9.17) is 11.6 Å². The minimum atomic E-state index is 0.101. The van der Waals surface area contributed by atoms with Gasteiger partial charge in [0.05, 0.1) is 24.0 Å². The molecule has 1 aliphatic rings. The molecule has 2 atom stereocenters. The first-order valence-electron chi connectivity index (χ1n) is 5.92. The summed E-state index contributed by atoms with van der Waals surface area (Å²) in [4.78, 5) is 10.9. The van der Waals surface area contributed by atoms with Gasteiger partial charge in [0.1, 0.15) is 0 Å². The van der Waals surface area contributed by atoms with Crippen LogP contribution in [-0.2, 0) is 0 Å². The second-order valence-corrected chi connectivity index (χ2v) is 5.08. The highest BCUT2D eigenvalue weighted by Crippen LogP contribution is 2.32. The summed E-state index contributed by atoms with van der Waals surface area (Å²) in [6, 6.07) is 0.101. The molecule has 0 aromatic carbocycles. The zero-order chi connectivity index (χ0) is 12.6. The van der Waals surface area contributed by atoms with E-state index in [9.17, 15) is 5.11 Å². The van der Waals surface area contributed by atoms with Crippen LogP contribution in [0.3, 0.4) is 0 Å². The first-order valence-corrected chi connectivity index (χ1v) is 6.30. The van der Waals surface area contributed by atoms with Crippen LogP contribution >= 0.6 is 11.6 Å². The molecule has 1 saturated heterocycles. The summed E-state index contributed by atoms with van der Waals surface area (Å²) in [6.45, 7) is 6.97. The van der Waals surface area contributed by atoms with E-state index in [1.54, 1.807) is 0 Å². The number of aryl methyl sites for hydroxylation is 2. The van der Waals surface area contributed by atoms with Crippen molar-refractivity contribution in [3.8, 4) is 0 Å². The number of nitrogens with zero attached hydrogens (tertiary/aromatic N) is 3. The van der Waals surface area contributed by atoms with Crippen LogP contribution in [0.1, 0.15) is 24.7 Å². The van der Waals surface area contributed by atoms with E-state index in [2.05, 4.69) is 21.8 Å². The predicted molar refractivity (Wildman–Crippen MR) is 68.5 cm³/mol. The molecular weight excluding hydrogens is 238 g/mol. The minimum Gasteiger partial charge on any atom is -0.394 e. The van der Waals surface area contributed by atoms with Gasteiger partial charge < -0.3 is 10.0 Å². The van der Waals surface area contributed by atoms with E-state index < -0.39 is 0 Å². The maximum absolute atomic E-state index is 9.45. The minimum absolute atomic E-state index is 0.101. The van der Waals surface area contributed by atoms with Crippen LogP contribution in [0.25, 0.3) is 0 Å². The zero-order valence-electron chi connectivity index (χ0n) is 10.4. The third kappa shape index (κ3) is 2.24. The van der Waals surface area contributed by atoms with Crippen molar-refractivity contribution in [1.29, 1.82) is 0 Å². The Morgan fingerprint density at radius 1 is 1.35 bits per heavy atom. The summed E-state index contributed by atoms with van der Waals surface area (Å²) in [5, 5.41) is 9.88. The summed E-state index contributed by atoms with van der Waals surface area (Å²) in [5.41, 5.74) is 1.74. The lowest BCUT2D eigenvalue weighted by atomic mass is 10.0. The molecule has 1 aliphatic heterocycles. The van der Waals surface area contributed by atoms with E-state index in [0.29, 0.717) is 16.9 Å². The number of anilines is 1. The van der Waals surface area contributed by atoms with E-state index in [1.807, 2.05) is 13.8 Å². The molecule has 4 nitrogen and oxygen atoms in total. The number of hydrogen-bond acceptors (Lipinski definition) is 4. The van der Waals surface area contributed by atoms with Gasteiger partial charge in [0.15, 0.2) is 11.0 Å². The van der Waals surface area contributed by atoms with Gasteiger partial charge >= 0.3 is 0 Å². The molecule has 0 amide bonds. The van der Waals surface area contributed by atoms with Crippen molar-refractivity contribution >= 4 is 17.4 Å². The summed E-state index contributed by atoms with van der Waals surface area (Å²) in [5.74, 6) is 1.16. The fraction of sp³-hybridized carbons (Fsp3) is 0.667. The fourth-order valence-electron chi connectivity index (χ4n) is 2.30. The van der Waals surface area contributed by atoms with Crippen molar-refractivity contribution in [3.63, 3.8) is 0 Å². The van der Waals surface area contributed by atoms with Crippen molar-refractivity contribution in [3.05, 3.63) is 16.5 Å². The number of hydrogen-bond donors (Lipinski definition) is 1. The topological polar surface area (TPSA) is 49.2 Å². The maximum atomic E-state index is 9.45. The van der Waals surface area contributed by atoms with Gasteiger partial charge in [0.2, 0.25) is 0 Å². The van der Waals surface area contributed by atoms with Crippen molar-refractivity contribution in [2.45, 2.75) is 33.2 Å². The smallest absolute Gasteiger partial charge is 0.171 e. The van der Waals surface area contributed by atoms with Gasteiger partial charge in [-0.15, -0.1) is 0 Å². The lowest BCUT2D eigenvalue weighted by Gasteiger charge is -2.27. The molecular formula is C12H18ClN3O. The van der Waals surface area contributed by atoms with Crippen LogP contribution in [-0.4, -0.2) is 34.3 Å². The second-order valence-electron chi connectivity index (χ2n) is 4.72. The van der Waals surface area contributed by atoms with Crippen molar-refractivity contribution < 1.29 is 5.11 Å². The zero-order valence-corrected chi connectivity index (χ0v) is 11.2. The molecule has 0 aliphatic carbocycles. The third-order valence-electron chi connectivity index (χ3n) is 3.59. The van der Waals surface area contributed by atoms with Gasteiger partial charge in [-0.3, -0.25) is 0 Å². The van der Waals surface area contributed by atoms with Gasteiger partial charge in [0.25, 0.3) is 0 Å². The van der Waals surface area contributed by atoms with Gasteiger partial charge in [-0.05, 0) is 26.2 Å². The van der Waals surface area contributed by atoms with Gasteiger partial charge in [0, 0.05) is 6.54 Å². The molecule has 17 heavy (non-hydrogen) atoms. The van der Waals surface area contributed by atoms with Crippen LogP contribution in [0.2, 0.25) is 5.15 Å². The molecule has 0 bridgehead atoms. The van der Waals surface area contributed by atoms with Crippen molar-refractivity contribution in [2.24, 2.45) is 5.92 Å². The highest BCUT2D eigenvalue weighted by molar-refractivity contribution is 6.31. The van der Waals surface area contributed by atoms with Crippen molar-refractivity contribution in [1.82, 2.24) is 9.97 Å². The quantitative estimate of drug-likeness (QED) is 0.878. The largest absolute Gasteiger partial charge is 0.394 e. The highest BCUT2D eigenvalue weighted by atomic mass is 35.5. The van der Waals surface area contributed by atoms with E-state index >= 15 is 0 Å². The number of halogens is 1. The predicted octanol–water partition coefficient (Wildman–Crippen LogP) is 1.95. The molecule has 2 rings (SSSR count). The average molecular weight is 256 g/mol. The Labute approximate surface area is 107 Å². The van der Waals surface area contributed by atoms with Crippen LogP contribution in [0.15, 0.2) is 0 Å². The van der Waals surface area contributed by atoms with E-state index in [1.165, 1.54) is 0 Å². The number of rotatable bonds is 2. The number of aromatic nitrogens is 2. The maximum Gasteiger partial charge on any atom is 0.171 e. The van der Waals surface area contributed by atoms with Crippen molar-refractivity contribution in [2.75, 3.05) is 18.1 Å². The summed E-state index contributed by atoms with van der Waals surface area (Å²) < 4.78 is 0. The monoisotopic (exact) mass is 255 g/mol. The molecule has 0 radical (unpaired) electrons. The molecule has 2 heterocycles. The molecule has 94 valence electrons. The SMILES string of the molecule is Cc1nc(Cl)c(N2CCC(C)C2CO)nc1C.